The van der Waals surface area contributed by atoms with E-state index in [4.69, 9.17) is 14.2 Å². The van der Waals surface area contributed by atoms with E-state index < -0.39 is 5.97 Å². The van der Waals surface area contributed by atoms with Crippen molar-refractivity contribution in [2.75, 3.05) is 14.2 Å². The third-order valence-corrected chi connectivity index (χ3v) is 3.35. The monoisotopic (exact) mass is 339 g/mol. The number of H-pyrrole nitrogens is 1. The number of carbonyl (C=O) groups excluding carboxylic acids is 1. The molecule has 20 heavy (non-hydrogen) atoms. The summed E-state index contributed by atoms with van der Waals surface area (Å²) in [5.74, 6) is 0.854. The highest BCUT2D eigenvalue weighted by molar-refractivity contribution is 9.10. The molecule has 1 heterocycles. The molecule has 0 radical (unpaired) electrons. The van der Waals surface area contributed by atoms with E-state index in [2.05, 4.69) is 20.9 Å². The number of esters is 1. The van der Waals surface area contributed by atoms with Gasteiger partial charge in [-0.2, -0.15) is 0 Å². The standard InChI is InChI=1S/C14H14BrNO4/c1-18-12-7-10(15)13(19-2)6-9(12)8-20-14(17)11-4-3-5-16-11/h3-7,16H,8H2,1-2H3. The lowest BCUT2D eigenvalue weighted by Crippen LogP contribution is -2.06. The lowest BCUT2D eigenvalue weighted by Gasteiger charge is -2.12. The lowest BCUT2D eigenvalue weighted by atomic mass is 10.2. The van der Waals surface area contributed by atoms with Gasteiger partial charge in [0.15, 0.2) is 0 Å². The van der Waals surface area contributed by atoms with Crippen LogP contribution >= 0.6 is 15.9 Å². The van der Waals surface area contributed by atoms with E-state index in [1.54, 1.807) is 44.7 Å². The molecule has 0 atom stereocenters. The molecule has 0 aliphatic carbocycles. The first-order valence-corrected chi connectivity index (χ1v) is 6.66. The molecule has 0 saturated heterocycles. The van der Waals surface area contributed by atoms with Gasteiger partial charge in [0.25, 0.3) is 0 Å². The number of halogens is 1. The highest BCUT2D eigenvalue weighted by Gasteiger charge is 2.13. The van der Waals surface area contributed by atoms with E-state index in [-0.39, 0.29) is 6.61 Å². The third-order valence-electron chi connectivity index (χ3n) is 2.73. The van der Waals surface area contributed by atoms with Crippen LogP contribution in [0.25, 0.3) is 0 Å². The first kappa shape index (κ1) is 14.5. The van der Waals surface area contributed by atoms with Crippen molar-refractivity contribution in [3.63, 3.8) is 0 Å². The molecule has 0 fully saturated rings. The van der Waals surface area contributed by atoms with Crippen LogP contribution in [-0.4, -0.2) is 25.2 Å². The van der Waals surface area contributed by atoms with E-state index in [1.807, 2.05) is 0 Å². The summed E-state index contributed by atoms with van der Waals surface area (Å²) < 4.78 is 16.5. The summed E-state index contributed by atoms with van der Waals surface area (Å²) in [6.07, 6.45) is 1.67. The molecule has 0 amide bonds. The van der Waals surface area contributed by atoms with E-state index in [1.165, 1.54) is 0 Å². The maximum atomic E-state index is 11.8. The fourth-order valence-corrected chi connectivity index (χ4v) is 2.20. The molecule has 0 aliphatic heterocycles. The molecule has 0 aliphatic rings. The van der Waals surface area contributed by atoms with Crippen molar-refractivity contribution in [2.45, 2.75) is 6.61 Å². The van der Waals surface area contributed by atoms with Gasteiger partial charge in [0.05, 0.1) is 18.7 Å². The highest BCUT2D eigenvalue weighted by Crippen LogP contribution is 2.33. The molecule has 1 N–H and O–H groups in total. The van der Waals surface area contributed by atoms with Crippen molar-refractivity contribution in [1.29, 1.82) is 0 Å². The summed E-state index contributed by atoms with van der Waals surface area (Å²) >= 11 is 3.38. The number of methoxy groups -OCH3 is 2. The Labute approximate surface area is 125 Å². The Morgan fingerprint density at radius 2 is 2.00 bits per heavy atom. The van der Waals surface area contributed by atoms with Crippen LogP contribution < -0.4 is 9.47 Å². The fraction of sp³-hybridized carbons (Fsp3) is 0.214. The molecular weight excluding hydrogens is 326 g/mol. The Balaban J connectivity index is 2.14. The van der Waals surface area contributed by atoms with Gasteiger partial charge in [-0.1, -0.05) is 0 Å². The van der Waals surface area contributed by atoms with E-state index in [0.717, 1.165) is 10.0 Å². The van der Waals surface area contributed by atoms with Crippen molar-refractivity contribution in [1.82, 2.24) is 4.98 Å². The van der Waals surface area contributed by atoms with Gasteiger partial charge in [-0.15, -0.1) is 0 Å². The molecule has 106 valence electrons. The normalized spacial score (nSPS) is 10.2. The molecule has 6 heteroatoms. The lowest BCUT2D eigenvalue weighted by molar-refractivity contribution is 0.0463. The Hall–Kier alpha value is -1.95. The molecule has 1 aromatic heterocycles. The molecule has 0 unspecified atom stereocenters. The van der Waals surface area contributed by atoms with Crippen molar-refractivity contribution in [2.24, 2.45) is 0 Å². The zero-order valence-electron chi connectivity index (χ0n) is 11.1. The van der Waals surface area contributed by atoms with Crippen LogP contribution in [0.2, 0.25) is 0 Å². The Bertz CT molecular complexity index is 595. The van der Waals surface area contributed by atoms with Gasteiger partial charge in [0, 0.05) is 11.8 Å². The second-order valence-electron chi connectivity index (χ2n) is 3.96. The van der Waals surface area contributed by atoms with Crippen LogP contribution in [0.4, 0.5) is 0 Å². The minimum atomic E-state index is -0.418. The van der Waals surface area contributed by atoms with Crippen molar-refractivity contribution >= 4 is 21.9 Å². The number of carbonyl (C=O) groups is 1. The second-order valence-corrected chi connectivity index (χ2v) is 4.81. The Kier molecular flexibility index (Phi) is 4.68. The first-order chi connectivity index (χ1) is 9.65. The summed E-state index contributed by atoms with van der Waals surface area (Å²) in [6, 6.07) is 6.93. The molecule has 2 aromatic rings. The second kappa shape index (κ2) is 6.47. The number of ether oxygens (including phenoxy) is 3. The molecule has 2 rings (SSSR count). The first-order valence-electron chi connectivity index (χ1n) is 5.86. The van der Waals surface area contributed by atoms with Crippen LogP contribution in [-0.2, 0) is 11.3 Å². The van der Waals surface area contributed by atoms with Crippen LogP contribution in [0.1, 0.15) is 16.1 Å². The van der Waals surface area contributed by atoms with Gasteiger partial charge in [0.2, 0.25) is 0 Å². The molecule has 0 spiro atoms. The van der Waals surface area contributed by atoms with Crippen LogP contribution in [0.5, 0.6) is 11.5 Å². The fourth-order valence-electron chi connectivity index (χ4n) is 1.71. The molecule has 1 aromatic carbocycles. The van der Waals surface area contributed by atoms with E-state index in [9.17, 15) is 4.79 Å². The van der Waals surface area contributed by atoms with E-state index in [0.29, 0.717) is 17.2 Å². The van der Waals surface area contributed by atoms with Gasteiger partial charge in [0.1, 0.15) is 23.8 Å². The predicted molar refractivity (Wildman–Crippen MR) is 77.2 cm³/mol. The smallest absolute Gasteiger partial charge is 0.355 e. The number of rotatable bonds is 5. The quantitative estimate of drug-likeness (QED) is 0.850. The number of benzene rings is 1. The summed E-state index contributed by atoms with van der Waals surface area (Å²) in [4.78, 5) is 14.6. The molecule has 0 bridgehead atoms. The van der Waals surface area contributed by atoms with Gasteiger partial charge in [-0.25, -0.2) is 4.79 Å². The minimum absolute atomic E-state index is 0.102. The average Bonchev–Trinajstić information content (AvgIpc) is 2.99. The zero-order valence-corrected chi connectivity index (χ0v) is 12.7. The van der Waals surface area contributed by atoms with Crippen molar-refractivity contribution in [3.8, 4) is 11.5 Å². The maximum absolute atomic E-state index is 11.8. The number of nitrogens with one attached hydrogen (secondary N) is 1. The van der Waals surface area contributed by atoms with Crippen LogP contribution in [0.3, 0.4) is 0 Å². The average molecular weight is 340 g/mol. The van der Waals surface area contributed by atoms with Crippen molar-refractivity contribution in [3.05, 3.63) is 46.2 Å². The summed E-state index contributed by atoms with van der Waals surface area (Å²) in [5, 5.41) is 0. The third kappa shape index (κ3) is 3.14. The molecule has 0 saturated carbocycles. The Morgan fingerprint density at radius 1 is 1.25 bits per heavy atom. The summed E-state index contributed by atoms with van der Waals surface area (Å²) in [6.45, 7) is 0.102. The number of hydrogen-bond donors (Lipinski definition) is 1. The largest absolute Gasteiger partial charge is 0.496 e. The van der Waals surface area contributed by atoms with E-state index >= 15 is 0 Å². The van der Waals surface area contributed by atoms with Crippen LogP contribution in [0, 0.1) is 0 Å². The topological polar surface area (TPSA) is 60.5 Å². The SMILES string of the molecule is COc1cc(COC(=O)c2ccc[nH]2)c(OC)cc1Br. The van der Waals surface area contributed by atoms with Gasteiger partial charge < -0.3 is 19.2 Å². The highest BCUT2D eigenvalue weighted by atomic mass is 79.9. The van der Waals surface area contributed by atoms with Gasteiger partial charge in [-0.05, 0) is 40.2 Å². The number of aromatic nitrogens is 1. The molecular formula is C14H14BrNO4. The number of aromatic amines is 1. The zero-order chi connectivity index (χ0) is 14.5. The van der Waals surface area contributed by atoms with Gasteiger partial charge >= 0.3 is 5.97 Å². The minimum Gasteiger partial charge on any atom is -0.496 e. The van der Waals surface area contributed by atoms with Crippen molar-refractivity contribution < 1.29 is 19.0 Å². The van der Waals surface area contributed by atoms with Gasteiger partial charge in [-0.3, -0.25) is 0 Å². The summed E-state index contributed by atoms with van der Waals surface area (Å²) in [5.41, 5.74) is 1.14. The predicted octanol–water partition coefficient (Wildman–Crippen LogP) is 3.15. The Morgan fingerprint density at radius 3 is 2.60 bits per heavy atom. The maximum Gasteiger partial charge on any atom is 0.355 e. The van der Waals surface area contributed by atoms with Crippen LogP contribution in [0.15, 0.2) is 34.9 Å². The summed E-state index contributed by atoms with van der Waals surface area (Å²) in [7, 11) is 3.13. The molecule has 5 nitrogen and oxygen atoms in total. The number of hydrogen-bond acceptors (Lipinski definition) is 4.